The Morgan fingerprint density at radius 3 is 1.91 bits per heavy atom. The second kappa shape index (κ2) is 48.8. The number of nitrogens with one attached hydrogen (secondary N) is 7. The van der Waals surface area contributed by atoms with Gasteiger partial charge >= 0.3 is 12.0 Å². The normalized spacial score (nSPS) is 15.3. The molecule has 1 aromatic carbocycles. The van der Waals surface area contributed by atoms with Gasteiger partial charge in [-0.2, -0.15) is 27.0 Å². The Morgan fingerprint density at radius 1 is 0.800 bits per heavy atom. The molecule has 0 spiro atoms. The average Bonchev–Trinajstić information content (AvgIpc) is 1.74. The van der Waals surface area contributed by atoms with Crippen LogP contribution in [-0.4, -0.2) is 196 Å². The summed E-state index contributed by atoms with van der Waals surface area (Å²) in [5.41, 5.74) is 28.7. The number of likely N-dealkylation sites (tertiary alicyclic amines) is 1. The van der Waals surface area contributed by atoms with E-state index in [1.54, 1.807) is 37.4 Å². The summed E-state index contributed by atoms with van der Waals surface area (Å²) in [7, 11) is 3.43. The van der Waals surface area contributed by atoms with Crippen molar-refractivity contribution in [3.8, 4) is 0 Å². The summed E-state index contributed by atoms with van der Waals surface area (Å²) < 4.78 is 13.2. The second-order valence-corrected chi connectivity index (χ2v) is 24.4. The number of carbonyl (C=O) groups is 15. The molecule has 2 heterocycles. The van der Waals surface area contributed by atoms with Crippen molar-refractivity contribution in [3.63, 3.8) is 0 Å². The van der Waals surface area contributed by atoms with E-state index in [0.29, 0.717) is 16.5 Å². The van der Waals surface area contributed by atoms with Crippen LogP contribution in [0.1, 0.15) is 119 Å². The quantitative estimate of drug-likeness (QED) is 0.00975. The number of carboxylic acids is 1. The topological polar surface area (TPSA) is 530 Å². The Kier molecular flexibility index (Phi) is 44.2. The first-order chi connectivity index (χ1) is 44.3. The lowest BCUT2D eigenvalue weighted by atomic mass is 9.89. The van der Waals surface area contributed by atoms with Crippen LogP contribution in [0.2, 0.25) is 0 Å². The van der Waals surface area contributed by atoms with Gasteiger partial charge in [-0.05, 0) is 70.4 Å². The molecule has 95 heavy (non-hydrogen) atoms. The van der Waals surface area contributed by atoms with Crippen molar-refractivity contribution in [2.75, 3.05) is 44.7 Å². The molecule has 0 saturated carbocycles. The minimum atomic E-state index is -1.66. The SMILES string of the molecule is I.S.S.[1H]C(=O)N[C@H](C(=O)C[C@@H](CC(=O)O)C(=O)N1CCC[C@H]1C(=O)C[C@@H](CCCN=C(N)N)C(=O)N[C@@H](CSSC[C@H](NC(=O)CN)C(=O)CC)C(=O)C[C@@H](CCCNC(N)=O)C(=O)N[C@@H](Cc1c[nH]c2ccccc12)C(=O)C[C@@H](CCC(N)=O)C(=O)NC)[C@@H](C)O.[2H]C(C)=O. The minimum absolute atomic E-state index is 0. The number of aliphatic hydroxyl groups is 1. The van der Waals surface area contributed by atoms with Gasteiger partial charge in [-0.1, -0.05) is 46.7 Å². The molecule has 534 valence electrons. The van der Waals surface area contributed by atoms with Gasteiger partial charge in [0.05, 0.1) is 49.2 Å². The molecule has 19 N–H and O–H groups in total. The number of nitrogens with two attached hydrogens (primary N) is 5. The number of halogens is 1. The zero-order valence-corrected chi connectivity index (χ0v) is 59.5. The number of amides is 9. The molecule has 1 aliphatic rings. The molecule has 9 amide bonds. The number of hydrogen-bond acceptors (Lipinski definition) is 20. The first-order valence-electron chi connectivity index (χ1n) is 30.9. The van der Waals surface area contributed by atoms with Gasteiger partial charge in [0, 0.05) is 118 Å². The molecule has 36 heteroatoms. The van der Waals surface area contributed by atoms with Gasteiger partial charge < -0.3 is 85.5 Å². The third-order valence-electron chi connectivity index (χ3n) is 15.0. The molecule has 0 radical (unpaired) electrons. The highest BCUT2D eigenvalue weighted by Crippen LogP contribution is 2.30. The standard InChI is InChI=1S/C57H86N14O16S2.C2H4O.HI.2H2S/c1-4-43(74)40(68-49(80)26-58)28-88-89-29-41(70-54(85)33(10-7-17-64-56(60)61)23-46(77)42-14-9-19-71(42)55(86)35(25-50(81)82)24-47(78)51(31(2)73)67-30-72)45(76)21-32(11-8-18-65-57(62)87)53(84)69-39(20-36-27-66-38-13-6-5-12-37(36)38)44(75)22-34(52(83)63-3)15-16-48(59)79;1-2-3;;;/h5-6,12-13,27,30-35,39-42,51,66,73H,4,7-11,14-26,28-29,58H2,1-3H3,(H2,59,79)(H,63,83)(H,67,72)(H,68,80)(H,69,84)(H,70,85)(H,81,82)(H4,60,61,64)(H3,62,65,87);2H,1H3;1H;2*1H2/t31-,32-,33-,34-,35+,39+,40+,41+,42+,51+;;;;/m1..../s1/i30H;2D;;;. The average molecular weight is 1530 g/mol. The fourth-order valence-electron chi connectivity index (χ4n) is 10.2. The van der Waals surface area contributed by atoms with Crippen molar-refractivity contribution in [3.05, 3.63) is 36.0 Å². The molecule has 0 aliphatic carbocycles. The number of rotatable bonds is 44. The number of Topliss-reactive ketones (excluding diaryl/α,β-unsaturated/α-hetero) is 5. The van der Waals surface area contributed by atoms with Gasteiger partial charge in [0.25, 0.3) is 0 Å². The third kappa shape index (κ3) is 33.1. The number of primary amides is 2. The Labute approximate surface area is 593 Å². The van der Waals surface area contributed by atoms with Crippen LogP contribution in [0.25, 0.3) is 10.9 Å². The number of aliphatic carboxylic acids is 1. The number of carbonyl (C=O) groups excluding carboxylic acids is 14. The largest absolute Gasteiger partial charge is 0.481 e. The maximum absolute atomic E-state index is 15.0. The van der Waals surface area contributed by atoms with Crippen LogP contribution in [-0.2, 0) is 73.5 Å². The van der Waals surface area contributed by atoms with Crippen LogP contribution < -0.4 is 60.6 Å². The van der Waals surface area contributed by atoms with Crippen molar-refractivity contribution in [1.29, 1.82) is 0 Å². The number of para-hydroxylation sites is 1. The number of H-pyrrole nitrogens is 1. The maximum Gasteiger partial charge on any atom is 0.312 e. The molecule has 10 atom stereocenters. The molecular weight excluding hydrogens is 1430 g/mol. The van der Waals surface area contributed by atoms with Crippen molar-refractivity contribution in [2.45, 2.75) is 153 Å². The van der Waals surface area contributed by atoms with Gasteiger partial charge in [-0.15, -0.1) is 24.0 Å². The van der Waals surface area contributed by atoms with E-state index in [4.69, 9.17) is 36.2 Å². The predicted molar refractivity (Wildman–Crippen MR) is 378 cm³/mol. The van der Waals surface area contributed by atoms with Crippen LogP contribution in [0.3, 0.4) is 0 Å². The van der Waals surface area contributed by atoms with Crippen LogP contribution >= 0.6 is 72.6 Å². The van der Waals surface area contributed by atoms with Crippen LogP contribution in [0.5, 0.6) is 0 Å². The van der Waals surface area contributed by atoms with E-state index in [9.17, 15) is 72.5 Å². The van der Waals surface area contributed by atoms with E-state index >= 15 is 4.79 Å². The van der Waals surface area contributed by atoms with E-state index < -0.39 is 182 Å². The molecule has 1 fully saturated rings. The summed E-state index contributed by atoms with van der Waals surface area (Å²) >= 11 is 0. The van der Waals surface area contributed by atoms with Gasteiger partial charge in [-0.3, -0.25) is 67.3 Å². The van der Waals surface area contributed by atoms with E-state index in [-0.39, 0.29) is 158 Å². The fourth-order valence-corrected chi connectivity index (χ4v) is 12.6. The number of carboxylic acid groups (broad SMARTS) is 1. The highest BCUT2D eigenvalue weighted by atomic mass is 127. The summed E-state index contributed by atoms with van der Waals surface area (Å²) in [6, 6.07) is -0.423. The zero-order valence-electron chi connectivity index (χ0n) is 55.5. The van der Waals surface area contributed by atoms with Crippen molar-refractivity contribution in [1.82, 2.24) is 41.8 Å². The lowest BCUT2D eigenvalue weighted by molar-refractivity contribution is -0.148. The van der Waals surface area contributed by atoms with E-state index in [0.717, 1.165) is 33.4 Å². The molecule has 0 bridgehead atoms. The highest BCUT2D eigenvalue weighted by Gasteiger charge is 2.41. The summed E-state index contributed by atoms with van der Waals surface area (Å²) in [6.07, 6.45) is -5.31. The predicted octanol–water partition coefficient (Wildman–Crippen LogP) is -0.691. The number of hydrogen-bond donors (Lipinski definition) is 14. The van der Waals surface area contributed by atoms with E-state index in [2.05, 4.69) is 36.6 Å². The number of aromatic amines is 1. The van der Waals surface area contributed by atoms with Crippen molar-refractivity contribution < 1.29 is 84.9 Å². The Morgan fingerprint density at radius 2 is 1.36 bits per heavy atom. The Hall–Kier alpha value is -6.87. The molecule has 1 aliphatic heterocycles. The van der Waals surface area contributed by atoms with Crippen molar-refractivity contribution in [2.24, 2.45) is 57.3 Å². The first kappa shape index (κ1) is 86.1. The third-order valence-corrected chi connectivity index (χ3v) is 17.4. The van der Waals surface area contributed by atoms with Gasteiger partial charge in [-0.25, -0.2) is 4.79 Å². The number of ketones is 5. The number of benzene rings is 1. The smallest absolute Gasteiger partial charge is 0.312 e. The minimum Gasteiger partial charge on any atom is -0.481 e. The fraction of sp³-hybridized carbons (Fsp3) is 0.593. The lowest BCUT2D eigenvalue weighted by Crippen LogP contribution is -2.50. The number of guanidine groups is 1. The van der Waals surface area contributed by atoms with Crippen molar-refractivity contribution >= 4 is 178 Å². The molecule has 0 unspecified atom stereocenters. The summed E-state index contributed by atoms with van der Waals surface area (Å²) in [5, 5.41) is 35.7. The molecule has 31 nitrogen and oxygen atoms in total. The Bertz CT molecular complexity index is 3040. The summed E-state index contributed by atoms with van der Waals surface area (Å²) in [4.78, 5) is 204. The van der Waals surface area contributed by atoms with Gasteiger partial charge in [0.2, 0.25) is 41.8 Å². The van der Waals surface area contributed by atoms with Crippen LogP contribution in [0.4, 0.5) is 4.79 Å². The molecule has 1 saturated heterocycles. The summed E-state index contributed by atoms with van der Waals surface area (Å²) in [5.74, 6) is -14.9. The second-order valence-electron chi connectivity index (χ2n) is 21.8. The van der Waals surface area contributed by atoms with Crippen LogP contribution in [0.15, 0.2) is 35.5 Å². The number of aldehydes is 1. The van der Waals surface area contributed by atoms with E-state index in [1.807, 2.05) is 5.32 Å². The number of fused-ring (bicyclic) bond motifs is 1. The zero-order chi connectivity index (χ0) is 70.8. The monoisotopic (exact) mass is 1530 g/mol. The number of nitrogens with zero attached hydrogens (tertiary/aromatic N) is 2. The number of aliphatic imine (C=N–C) groups is 1. The number of aromatic nitrogens is 1. The summed E-state index contributed by atoms with van der Waals surface area (Å²) in [6.45, 7) is 3.38. The Balaban J connectivity index is 0. The number of aliphatic hydroxyl groups excluding tert-OH is 1. The van der Waals surface area contributed by atoms with Gasteiger partial charge in [0.15, 0.2) is 34.9 Å². The molecule has 2 aromatic rings. The molecular formula is C59H95IN14O17S4. The maximum atomic E-state index is 15.0. The molecule has 1 aromatic heterocycles. The number of urea groups is 1. The molecule has 3 rings (SSSR count). The first-order valence-corrected chi connectivity index (χ1v) is 32.4. The van der Waals surface area contributed by atoms with E-state index in [1.165, 1.54) is 14.0 Å². The van der Waals surface area contributed by atoms with Crippen LogP contribution in [0, 0.1) is 23.7 Å². The highest BCUT2D eigenvalue weighted by molar-refractivity contribution is 14.0. The lowest BCUT2D eigenvalue weighted by Gasteiger charge is -2.29. The van der Waals surface area contributed by atoms with Gasteiger partial charge in [0.1, 0.15) is 15.0 Å².